The summed E-state index contributed by atoms with van der Waals surface area (Å²) in [6.45, 7) is 10.1. The first-order valence-electron chi connectivity index (χ1n) is 6.35. The van der Waals surface area contributed by atoms with Crippen molar-refractivity contribution in [1.82, 2.24) is 0 Å². The van der Waals surface area contributed by atoms with Gasteiger partial charge in [0.1, 0.15) is 5.82 Å². The fourth-order valence-electron chi connectivity index (χ4n) is 1.86. The number of aliphatic hydroxyl groups is 1. The summed E-state index contributed by atoms with van der Waals surface area (Å²) in [6, 6.07) is 5.13. The number of nitrogens with zero attached hydrogens (tertiary/aromatic N) is 1. The summed E-state index contributed by atoms with van der Waals surface area (Å²) in [7, 11) is 1.90. The second kappa shape index (κ2) is 5.27. The standard InChI is InChI=1S/C15H24FNO/c1-10(18)12-7-8-14(13(16)9-12)17(6)11(2)15(3,4)5/h7-11,18H,1-6H3. The van der Waals surface area contributed by atoms with Crippen LogP contribution in [0.4, 0.5) is 10.1 Å². The lowest BCUT2D eigenvalue weighted by Crippen LogP contribution is -2.39. The van der Waals surface area contributed by atoms with E-state index >= 15 is 0 Å². The molecule has 0 fully saturated rings. The Kier molecular flexibility index (Phi) is 4.38. The minimum absolute atomic E-state index is 0.0735. The third-order valence-electron chi connectivity index (χ3n) is 3.67. The first kappa shape index (κ1) is 15.0. The molecular weight excluding hydrogens is 229 g/mol. The van der Waals surface area contributed by atoms with Crippen molar-refractivity contribution in [2.45, 2.75) is 46.8 Å². The van der Waals surface area contributed by atoms with Crippen molar-refractivity contribution >= 4 is 5.69 Å². The Labute approximate surface area is 109 Å². The Balaban J connectivity index is 3.04. The third kappa shape index (κ3) is 3.22. The van der Waals surface area contributed by atoms with Crippen LogP contribution in [0.3, 0.4) is 0 Å². The highest BCUT2D eigenvalue weighted by Crippen LogP contribution is 2.30. The molecule has 0 saturated heterocycles. The summed E-state index contributed by atoms with van der Waals surface area (Å²) in [5, 5.41) is 9.44. The molecule has 0 saturated carbocycles. The van der Waals surface area contributed by atoms with Gasteiger partial charge in [-0.25, -0.2) is 4.39 Å². The first-order chi connectivity index (χ1) is 8.14. The van der Waals surface area contributed by atoms with Crippen LogP contribution in [0.2, 0.25) is 0 Å². The molecular formula is C15H24FNO. The molecule has 0 radical (unpaired) electrons. The predicted molar refractivity (Wildman–Crippen MR) is 74.4 cm³/mol. The third-order valence-corrected chi connectivity index (χ3v) is 3.67. The number of rotatable bonds is 3. The molecule has 102 valence electrons. The quantitative estimate of drug-likeness (QED) is 0.886. The Morgan fingerprint density at radius 3 is 2.17 bits per heavy atom. The van der Waals surface area contributed by atoms with E-state index in [1.165, 1.54) is 6.07 Å². The Morgan fingerprint density at radius 1 is 1.22 bits per heavy atom. The van der Waals surface area contributed by atoms with Crippen LogP contribution in [0, 0.1) is 11.2 Å². The molecule has 1 aromatic rings. The highest BCUT2D eigenvalue weighted by molar-refractivity contribution is 5.49. The maximum atomic E-state index is 14.1. The molecule has 2 atom stereocenters. The van der Waals surface area contributed by atoms with Gasteiger partial charge in [0.05, 0.1) is 11.8 Å². The van der Waals surface area contributed by atoms with E-state index in [0.717, 1.165) is 0 Å². The van der Waals surface area contributed by atoms with E-state index in [0.29, 0.717) is 11.3 Å². The first-order valence-corrected chi connectivity index (χ1v) is 6.35. The van der Waals surface area contributed by atoms with Crippen molar-refractivity contribution in [3.8, 4) is 0 Å². The molecule has 0 spiro atoms. The molecule has 0 bridgehead atoms. The Hall–Kier alpha value is -1.09. The normalized spacial score (nSPS) is 15.3. The zero-order valence-electron chi connectivity index (χ0n) is 12.2. The highest BCUT2D eigenvalue weighted by Gasteiger charge is 2.25. The number of anilines is 1. The Morgan fingerprint density at radius 2 is 1.78 bits per heavy atom. The average molecular weight is 253 g/mol. The number of hydrogen-bond acceptors (Lipinski definition) is 2. The Bertz CT molecular complexity index is 409. The van der Waals surface area contributed by atoms with Crippen LogP contribution in [0.1, 0.15) is 46.3 Å². The van der Waals surface area contributed by atoms with E-state index < -0.39 is 6.10 Å². The summed E-state index contributed by atoms with van der Waals surface area (Å²) in [5.41, 5.74) is 1.25. The van der Waals surface area contributed by atoms with Crippen LogP contribution in [-0.2, 0) is 0 Å². The molecule has 1 N–H and O–H groups in total. The van der Waals surface area contributed by atoms with E-state index in [1.54, 1.807) is 19.1 Å². The van der Waals surface area contributed by atoms with Gasteiger partial charge < -0.3 is 10.0 Å². The van der Waals surface area contributed by atoms with Crippen molar-refractivity contribution < 1.29 is 9.50 Å². The van der Waals surface area contributed by atoms with Crippen LogP contribution in [0.5, 0.6) is 0 Å². The van der Waals surface area contributed by atoms with Gasteiger partial charge in [-0.3, -0.25) is 0 Å². The van der Waals surface area contributed by atoms with Crippen molar-refractivity contribution in [2.24, 2.45) is 5.41 Å². The molecule has 0 aliphatic carbocycles. The lowest BCUT2D eigenvalue weighted by molar-refractivity contribution is 0.199. The molecule has 0 amide bonds. The maximum Gasteiger partial charge on any atom is 0.146 e. The van der Waals surface area contributed by atoms with Crippen molar-refractivity contribution in [3.05, 3.63) is 29.6 Å². The number of hydrogen-bond donors (Lipinski definition) is 1. The van der Waals surface area contributed by atoms with E-state index in [2.05, 4.69) is 27.7 Å². The molecule has 18 heavy (non-hydrogen) atoms. The van der Waals surface area contributed by atoms with Crippen LogP contribution in [-0.4, -0.2) is 18.2 Å². The van der Waals surface area contributed by atoms with Crippen LogP contribution in [0.15, 0.2) is 18.2 Å². The minimum Gasteiger partial charge on any atom is -0.389 e. The van der Waals surface area contributed by atoms with Gasteiger partial charge in [-0.15, -0.1) is 0 Å². The molecule has 0 aromatic heterocycles. The molecule has 0 aliphatic rings. The van der Waals surface area contributed by atoms with Crippen molar-refractivity contribution in [3.63, 3.8) is 0 Å². The van der Waals surface area contributed by atoms with Gasteiger partial charge in [-0.1, -0.05) is 26.8 Å². The van der Waals surface area contributed by atoms with Crippen LogP contribution >= 0.6 is 0 Å². The lowest BCUT2D eigenvalue weighted by atomic mass is 9.87. The second-order valence-corrected chi connectivity index (χ2v) is 6.04. The summed E-state index contributed by atoms with van der Waals surface area (Å²) in [5.74, 6) is -0.285. The number of benzene rings is 1. The van der Waals surface area contributed by atoms with Crippen LogP contribution in [0.25, 0.3) is 0 Å². The molecule has 2 nitrogen and oxygen atoms in total. The fourth-order valence-corrected chi connectivity index (χ4v) is 1.86. The second-order valence-electron chi connectivity index (χ2n) is 6.04. The number of aliphatic hydroxyl groups excluding tert-OH is 1. The smallest absolute Gasteiger partial charge is 0.146 e. The lowest BCUT2D eigenvalue weighted by Gasteiger charge is -2.37. The highest BCUT2D eigenvalue weighted by atomic mass is 19.1. The van der Waals surface area contributed by atoms with Crippen molar-refractivity contribution in [2.75, 3.05) is 11.9 Å². The monoisotopic (exact) mass is 253 g/mol. The van der Waals surface area contributed by atoms with Gasteiger partial charge in [0.2, 0.25) is 0 Å². The van der Waals surface area contributed by atoms with Crippen LogP contribution < -0.4 is 4.90 Å². The molecule has 2 unspecified atom stereocenters. The van der Waals surface area contributed by atoms with Gasteiger partial charge in [0.25, 0.3) is 0 Å². The number of halogens is 1. The largest absolute Gasteiger partial charge is 0.389 e. The summed E-state index contributed by atoms with van der Waals surface area (Å²) < 4.78 is 14.1. The topological polar surface area (TPSA) is 23.5 Å². The van der Waals surface area contributed by atoms with E-state index in [-0.39, 0.29) is 17.3 Å². The fraction of sp³-hybridized carbons (Fsp3) is 0.600. The van der Waals surface area contributed by atoms with E-state index in [4.69, 9.17) is 0 Å². The van der Waals surface area contributed by atoms with Gasteiger partial charge in [0, 0.05) is 13.1 Å². The average Bonchev–Trinajstić information content (AvgIpc) is 2.25. The van der Waals surface area contributed by atoms with Gasteiger partial charge in [0.15, 0.2) is 0 Å². The van der Waals surface area contributed by atoms with Gasteiger partial charge in [-0.2, -0.15) is 0 Å². The summed E-state index contributed by atoms with van der Waals surface area (Å²) in [4.78, 5) is 1.95. The molecule has 1 aromatic carbocycles. The molecule has 0 aliphatic heterocycles. The molecule has 1 rings (SSSR count). The zero-order valence-corrected chi connectivity index (χ0v) is 12.2. The summed E-state index contributed by atoms with van der Waals surface area (Å²) in [6.07, 6.45) is -0.640. The molecule has 0 heterocycles. The SMILES string of the molecule is CC(O)c1ccc(N(C)C(C)C(C)(C)C)c(F)c1. The minimum atomic E-state index is -0.640. The maximum absolute atomic E-state index is 14.1. The van der Waals surface area contributed by atoms with Gasteiger partial charge >= 0.3 is 0 Å². The summed E-state index contributed by atoms with van der Waals surface area (Å²) >= 11 is 0. The predicted octanol–water partition coefficient (Wildman–Crippen LogP) is 3.75. The zero-order chi connectivity index (χ0) is 14.1. The van der Waals surface area contributed by atoms with Gasteiger partial charge in [-0.05, 0) is 37.0 Å². The van der Waals surface area contributed by atoms with E-state index in [9.17, 15) is 9.50 Å². The van der Waals surface area contributed by atoms with Crippen molar-refractivity contribution in [1.29, 1.82) is 0 Å². The van der Waals surface area contributed by atoms with E-state index in [1.807, 2.05) is 11.9 Å². The molecule has 3 heteroatoms.